The van der Waals surface area contributed by atoms with E-state index in [2.05, 4.69) is 21.2 Å². The smallest absolute Gasteiger partial charge is 0.355 e. The van der Waals surface area contributed by atoms with Crippen molar-refractivity contribution in [2.75, 3.05) is 26.2 Å². The molecule has 4 rings (SSSR count). The van der Waals surface area contributed by atoms with E-state index < -0.39 is 36.6 Å². The van der Waals surface area contributed by atoms with Gasteiger partial charge in [0, 0.05) is 36.0 Å². The molecule has 0 bridgehead atoms. The van der Waals surface area contributed by atoms with Gasteiger partial charge in [0.2, 0.25) is 10.0 Å². The first-order valence-corrected chi connectivity index (χ1v) is 12.9. The molecule has 0 spiro atoms. The van der Waals surface area contributed by atoms with Gasteiger partial charge in [0.25, 0.3) is 10.0 Å². The molecule has 31 heavy (non-hydrogen) atoms. The van der Waals surface area contributed by atoms with E-state index in [1.54, 1.807) is 6.07 Å². The Hall–Kier alpha value is -2.25. The number of sulfonamides is 1. The molecule has 1 saturated heterocycles. The van der Waals surface area contributed by atoms with E-state index in [0.29, 0.717) is 21.5 Å². The molecule has 0 aliphatic carbocycles. The first-order chi connectivity index (χ1) is 14.7. The van der Waals surface area contributed by atoms with Crippen molar-refractivity contribution in [3.8, 4) is 0 Å². The molecule has 0 saturated carbocycles. The number of piperazine rings is 1. The SMILES string of the molecule is O=C(O)c1c(S(=O)(=O)N2CCNCC2)c2cc(Br)ccc2n1S(=O)(=O)c1ccccc1. The summed E-state index contributed by atoms with van der Waals surface area (Å²) in [6, 6.07) is 11.7. The van der Waals surface area contributed by atoms with Crippen molar-refractivity contribution in [3.05, 3.63) is 58.7 Å². The van der Waals surface area contributed by atoms with Crippen molar-refractivity contribution in [2.45, 2.75) is 9.79 Å². The maximum absolute atomic E-state index is 13.5. The van der Waals surface area contributed by atoms with Crippen LogP contribution in [0.25, 0.3) is 10.9 Å². The molecule has 2 aromatic carbocycles. The molecule has 0 unspecified atom stereocenters. The fraction of sp³-hybridized carbons (Fsp3) is 0.211. The van der Waals surface area contributed by atoms with Crippen molar-refractivity contribution in [3.63, 3.8) is 0 Å². The Kier molecular flexibility index (Phi) is 5.68. The van der Waals surface area contributed by atoms with Crippen molar-refractivity contribution >= 4 is 52.8 Å². The third-order valence-corrected chi connectivity index (χ3v) is 9.19. The second-order valence-electron chi connectivity index (χ2n) is 6.88. The van der Waals surface area contributed by atoms with Crippen LogP contribution >= 0.6 is 15.9 Å². The van der Waals surface area contributed by atoms with Crippen LogP contribution in [0, 0.1) is 0 Å². The molecule has 1 aliphatic rings. The molecule has 0 amide bonds. The fourth-order valence-electron chi connectivity index (χ4n) is 3.61. The van der Waals surface area contributed by atoms with Gasteiger partial charge >= 0.3 is 5.97 Å². The van der Waals surface area contributed by atoms with Crippen LogP contribution in [0.3, 0.4) is 0 Å². The number of carboxylic acid groups (broad SMARTS) is 1. The molecule has 1 aromatic heterocycles. The summed E-state index contributed by atoms with van der Waals surface area (Å²) < 4.78 is 56.2. The molecule has 0 radical (unpaired) electrons. The Morgan fingerprint density at radius 1 is 0.968 bits per heavy atom. The Labute approximate surface area is 187 Å². The number of carbonyl (C=O) groups is 1. The molecule has 9 nitrogen and oxygen atoms in total. The summed E-state index contributed by atoms with van der Waals surface area (Å²) in [5.74, 6) is -1.65. The van der Waals surface area contributed by atoms with Gasteiger partial charge in [-0.15, -0.1) is 0 Å². The van der Waals surface area contributed by atoms with E-state index in [0.717, 1.165) is 0 Å². The predicted molar refractivity (Wildman–Crippen MR) is 117 cm³/mol. The lowest BCUT2D eigenvalue weighted by Crippen LogP contribution is -2.46. The quantitative estimate of drug-likeness (QED) is 0.519. The highest BCUT2D eigenvalue weighted by molar-refractivity contribution is 9.10. The Balaban J connectivity index is 2.12. The lowest BCUT2D eigenvalue weighted by Gasteiger charge is -2.26. The summed E-state index contributed by atoms with van der Waals surface area (Å²) in [5, 5.41) is 13.1. The largest absolute Gasteiger partial charge is 0.477 e. The number of rotatable bonds is 5. The topological polar surface area (TPSA) is 126 Å². The number of aromatic nitrogens is 1. The van der Waals surface area contributed by atoms with Gasteiger partial charge in [-0.1, -0.05) is 34.1 Å². The van der Waals surface area contributed by atoms with Crippen LogP contribution in [0.15, 0.2) is 62.8 Å². The lowest BCUT2D eigenvalue weighted by atomic mass is 10.2. The average molecular weight is 528 g/mol. The van der Waals surface area contributed by atoms with E-state index in [1.807, 2.05) is 0 Å². The first kappa shape index (κ1) is 22.0. The van der Waals surface area contributed by atoms with Crippen molar-refractivity contribution in [1.29, 1.82) is 0 Å². The number of aromatic carboxylic acids is 1. The van der Waals surface area contributed by atoms with Gasteiger partial charge in [-0.05, 0) is 30.3 Å². The third kappa shape index (κ3) is 3.68. The molecule has 164 valence electrons. The molecule has 1 fully saturated rings. The second kappa shape index (κ2) is 8.02. The minimum atomic E-state index is -4.40. The molecule has 2 heterocycles. The van der Waals surface area contributed by atoms with Crippen LogP contribution in [0.1, 0.15) is 10.5 Å². The highest BCUT2D eigenvalue weighted by atomic mass is 79.9. The van der Waals surface area contributed by atoms with Gasteiger partial charge in [0.15, 0.2) is 5.69 Å². The minimum Gasteiger partial charge on any atom is -0.477 e. The normalized spacial score (nSPS) is 15.9. The summed E-state index contributed by atoms with van der Waals surface area (Å²) in [6.07, 6.45) is 0. The number of fused-ring (bicyclic) bond motifs is 1. The van der Waals surface area contributed by atoms with Gasteiger partial charge in [0.1, 0.15) is 4.90 Å². The predicted octanol–water partition coefficient (Wildman–Crippen LogP) is 1.93. The first-order valence-electron chi connectivity index (χ1n) is 9.24. The van der Waals surface area contributed by atoms with E-state index in [4.69, 9.17) is 0 Å². The molecule has 0 atom stereocenters. The van der Waals surface area contributed by atoms with E-state index in [9.17, 15) is 26.7 Å². The van der Waals surface area contributed by atoms with Crippen molar-refractivity contribution in [2.24, 2.45) is 0 Å². The van der Waals surface area contributed by atoms with Crippen molar-refractivity contribution in [1.82, 2.24) is 13.6 Å². The average Bonchev–Trinajstić information content (AvgIpc) is 3.11. The van der Waals surface area contributed by atoms with E-state index >= 15 is 0 Å². The molecular weight excluding hydrogens is 510 g/mol. The zero-order valence-electron chi connectivity index (χ0n) is 16.0. The highest BCUT2D eigenvalue weighted by Crippen LogP contribution is 2.36. The number of halogens is 1. The van der Waals surface area contributed by atoms with E-state index in [-0.39, 0.29) is 28.9 Å². The zero-order valence-corrected chi connectivity index (χ0v) is 19.2. The van der Waals surface area contributed by atoms with Gasteiger partial charge in [0.05, 0.1) is 10.4 Å². The van der Waals surface area contributed by atoms with Crippen LogP contribution < -0.4 is 5.32 Å². The van der Waals surface area contributed by atoms with Crippen molar-refractivity contribution < 1.29 is 26.7 Å². The monoisotopic (exact) mass is 527 g/mol. The summed E-state index contributed by atoms with van der Waals surface area (Å²) >= 11 is 3.27. The van der Waals surface area contributed by atoms with Gasteiger partial charge in [-0.3, -0.25) is 0 Å². The highest BCUT2D eigenvalue weighted by Gasteiger charge is 2.39. The standard InChI is InChI=1S/C19H18BrN3O6S2/c20-13-6-7-16-15(12-13)18(31(28,29)22-10-8-21-9-11-22)17(19(24)25)23(16)30(26,27)14-4-2-1-3-5-14/h1-7,12,21H,8-11H2,(H,24,25). The number of hydrogen-bond acceptors (Lipinski definition) is 6. The Morgan fingerprint density at radius 2 is 1.61 bits per heavy atom. The number of hydrogen-bond donors (Lipinski definition) is 2. The minimum absolute atomic E-state index is 0.0183. The summed E-state index contributed by atoms with van der Waals surface area (Å²) in [5.41, 5.74) is -0.839. The maximum atomic E-state index is 13.5. The van der Waals surface area contributed by atoms with Crippen LogP contribution in [-0.2, 0) is 20.0 Å². The number of carboxylic acids is 1. The molecule has 1 aliphatic heterocycles. The zero-order chi connectivity index (χ0) is 22.4. The fourth-order valence-corrected chi connectivity index (χ4v) is 7.36. The maximum Gasteiger partial charge on any atom is 0.355 e. The molecule has 3 aromatic rings. The van der Waals surface area contributed by atoms with Crippen LogP contribution in [-0.4, -0.2) is 62.4 Å². The van der Waals surface area contributed by atoms with Gasteiger partial charge in [-0.2, -0.15) is 4.31 Å². The number of nitrogens with zero attached hydrogens (tertiary/aromatic N) is 2. The third-order valence-electron chi connectivity index (χ3n) is 5.00. The summed E-state index contributed by atoms with van der Waals surface area (Å²) in [4.78, 5) is 11.6. The molecular formula is C19H18BrN3O6S2. The summed E-state index contributed by atoms with van der Waals surface area (Å²) in [7, 11) is -8.70. The number of nitrogens with one attached hydrogen (secondary N) is 1. The number of benzene rings is 2. The van der Waals surface area contributed by atoms with Gasteiger partial charge < -0.3 is 10.4 Å². The second-order valence-corrected chi connectivity index (χ2v) is 11.5. The van der Waals surface area contributed by atoms with Crippen LogP contribution in [0.5, 0.6) is 0 Å². The Bertz CT molecular complexity index is 1380. The molecule has 2 N–H and O–H groups in total. The molecule has 12 heteroatoms. The lowest BCUT2D eigenvalue weighted by molar-refractivity contribution is 0.0685. The Morgan fingerprint density at radius 3 is 2.23 bits per heavy atom. The van der Waals surface area contributed by atoms with Gasteiger partial charge in [-0.25, -0.2) is 25.6 Å². The summed E-state index contributed by atoms with van der Waals surface area (Å²) in [6.45, 7) is 1.11. The van der Waals surface area contributed by atoms with Crippen LogP contribution in [0.4, 0.5) is 0 Å². The van der Waals surface area contributed by atoms with Crippen LogP contribution in [0.2, 0.25) is 0 Å². The van der Waals surface area contributed by atoms with E-state index in [1.165, 1.54) is 46.8 Å².